The molecule has 2 aliphatic rings. The largest absolute Gasteiger partial charge is 0.508 e. The summed E-state index contributed by atoms with van der Waals surface area (Å²) in [7, 11) is 3.15. The monoisotopic (exact) mass is 931 g/mol. The lowest BCUT2D eigenvalue weighted by Gasteiger charge is -2.36. The molecule has 0 aromatic heterocycles. The number of Topliss-reactive ketones (excluding diaryl/α,β-unsaturated/α-hetero) is 1. The molecular formula is C56H70N2O10. The summed E-state index contributed by atoms with van der Waals surface area (Å²) in [5.74, 6) is 0.741. The Morgan fingerprint density at radius 1 is 0.779 bits per heavy atom. The number of piperidine rings is 1. The van der Waals surface area contributed by atoms with Gasteiger partial charge < -0.3 is 39.0 Å². The number of nitrogens with one attached hydrogen (secondary N) is 1. The van der Waals surface area contributed by atoms with Crippen LogP contribution in [0.1, 0.15) is 133 Å². The topological polar surface area (TPSA) is 150 Å². The fraction of sp³-hybridized carbons (Fsp3) is 0.464. The van der Waals surface area contributed by atoms with Crippen LogP contribution in [0.4, 0.5) is 0 Å². The van der Waals surface area contributed by atoms with Crippen molar-refractivity contribution in [3.63, 3.8) is 0 Å². The molecular weight excluding hydrogens is 861 g/mol. The first-order valence-electron chi connectivity index (χ1n) is 24.4. The molecule has 2 amide bonds. The number of amides is 2. The van der Waals surface area contributed by atoms with Gasteiger partial charge in [-0.2, -0.15) is 0 Å². The third kappa shape index (κ3) is 14.1. The van der Waals surface area contributed by atoms with E-state index in [-0.39, 0.29) is 18.3 Å². The highest BCUT2D eigenvalue weighted by Gasteiger charge is 2.41. The van der Waals surface area contributed by atoms with Gasteiger partial charge in [0.05, 0.1) is 20.8 Å². The quantitative estimate of drug-likeness (QED) is 0.0418. The molecule has 2 fully saturated rings. The molecule has 12 nitrogen and oxygen atoms in total. The number of phenols is 1. The van der Waals surface area contributed by atoms with Gasteiger partial charge in [0.25, 0.3) is 11.8 Å². The molecule has 2 unspecified atom stereocenters. The van der Waals surface area contributed by atoms with E-state index in [4.69, 9.17) is 23.7 Å². The van der Waals surface area contributed by atoms with Gasteiger partial charge in [-0.05, 0) is 160 Å². The first-order chi connectivity index (χ1) is 32.9. The van der Waals surface area contributed by atoms with Crippen LogP contribution in [0, 0.1) is 5.41 Å². The van der Waals surface area contributed by atoms with Gasteiger partial charge in [0.1, 0.15) is 29.4 Å². The molecule has 68 heavy (non-hydrogen) atoms. The number of aryl methyl sites for hydroxylation is 1. The second-order valence-corrected chi connectivity index (χ2v) is 18.5. The Morgan fingerprint density at radius 3 is 2.21 bits per heavy atom. The summed E-state index contributed by atoms with van der Waals surface area (Å²) in [5, 5.41) is 12.8. The summed E-state index contributed by atoms with van der Waals surface area (Å²) in [4.78, 5) is 55.1. The standard InChI is InChI=1S/C56H70N2O10/c1-6-56(2,3)53(61)54(62)58-34-13-11-20-47(58)55(63)68-48(31-21-39-22-32-49(64-4)50(36-39)65-5)43-18-15-19-46(37-43)67-38-51(60)57-33-12-8-14-35-66-45-29-25-42(26-30-45)52(40-16-9-7-10-17-40)41-23-27-44(59)28-24-41/h15,18-19,22-30,32,36-37,47-48,59H,6-14,16-17,20-21,31,33-35,38H2,1-5H3,(H,57,60). The molecule has 6 rings (SSSR count). The summed E-state index contributed by atoms with van der Waals surface area (Å²) in [5.41, 5.74) is 5.77. The van der Waals surface area contributed by atoms with Crippen molar-refractivity contribution in [2.45, 2.75) is 123 Å². The smallest absolute Gasteiger partial charge is 0.329 e. The molecule has 2 N–H and O–H groups in total. The zero-order valence-electron chi connectivity index (χ0n) is 40.6. The highest BCUT2D eigenvalue weighted by Crippen LogP contribution is 2.37. The van der Waals surface area contributed by atoms with E-state index < -0.39 is 35.2 Å². The van der Waals surface area contributed by atoms with Crippen molar-refractivity contribution < 1.29 is 48.0 Å². The number of likely N-dealkylation sites (tertiary alicyclic amines) is 1. The summed E-state index contributed by atoms with van der Waals surface area (Å²) in [6.45, 7) is 6.55. The Bertz CT molecular complexity index is 2330. The molecule has 1 saturated heterocycles. The molecule has 0 radical (unpaired) electrons. The highest BCUT2D eigenvalue weighted by atomic mass is 16.5. The van der Waals surface area contributed by atoms with Gasteiger partial charge in [-0.25, -0.2) is 4.79 Å². The molecule has 1 aliphatic carbocycles. The third-order valence-electron chi connectivity index (χ3n) is 13.3. The van der Waals surface area contributed by atoms with Crippen molar-refractivity contribution in [3.05, 3.63) is 119 Å². The minimum Gasteiger partial charge on any atom is -0.508 e. The average Bonchev–Trinajstić information content (AvgIpc) is 3.37. The van der Waals surface area contributed by atoms with Crippen LogP contribution < -0.4 is 24.3 Å². The van der Waals surface area contributed by atoms with Gasteiger partial charge in [0.2, 0.25) is 5.78 Å². The highest BCUT2D eigenvalue weighted by molar-refractivity contribution is 6.38. The number of hydrogen-bond acceptors (Lipinski definition) is 10. The minimum absolute atomic E-state index is 0.189. The number of ether oxygens (including phenoxy) is 5. The minimum atomic E-state index is -0.883. The molecule has 1 heterocycles. The summed E-state index contributed by atoms with van der Waals surface area (Å²) in [6.07, 6.45) is 10.9. The van der Waals surface area contributed by atoms with Gasteiger partial charge in [-0.15, -0.1) is 0 Å². The van der Waals surface area contributed by atoms with Crippen LogP contribution in [0.5, 0.6) is 28.7 Å². The maximum absolute atomic E-state index is 14.0. The van der Waals surface area contributed by atoms with E-state index in [0.29, 0.717) is 74.6 Å². The van der Waals surface area contributed by atoms with Gasteiger partial charge in [-0.1, -0.05) is 75.2 Å². The lowest BCUT2D eigenvalue weighted by molar-refractivity contribution is -0.164. The Balaban J connectivity index is 0.994. The Labute approximate surface area is 402 Å². The molecule has 12 heteroatoms. The van der Waals surface area contributed by atoms with Crippen molar-refractivity contribution in [2.75, 3.05) is 40.5 Å². The van der Waals surface area contributed by atoms with Crippen molar-refractivity contribution in [3.8, 4) is 28.7 Å². The number of phenolic OH excluding ortho intramolecular Hbond substituents is 1. The van der Waals surface area contributed by atoms with Crippen molar-refractivity contribution in [2.24, 2.45) is 5.41 Å². The van der Waals surface area contributed by atoms with E-state index in [0.717, 1.165) is 61.0 Å². The number of allylic oxidation sites excluding steroid dienone is 1. The van der Waals surface area contributed by atoms with Crippen molar-refractivity contribution in [1.82, 2.24) is 10.2 Å². The van der Waals surface area contributed by atoms with Crippen LogP contribution in [-0.4, -0.2) is 80.1 Å². The Kier molecular flexibility index (Phi) is 18.9. The molecule has 4 aromatic rings. The van der Waals surface area contributed by atoms with Gasteiger partial charge >= 0.3 is 5.97 Å². The SMILES string of the molecule is CCC(C)(C)C(=O)C(=O)N1CCCCC1C(=O)OC(CCc1ccc(OC)c(OC)c1)c1cccc(OCC(=O)NCCCCCOc2ccc(C(=C3CCCCC3)c3ccc(O)cc3)cc2)c1. The molecule has 1 aliphatic heterocycles. The molecule has 1 saturated carbocycles. The van der Waals surface area contributed by atoms with Crippen molar-refractivity contribution >= 4 is 29.1 Å². The third-order valence-corrected chi connectivity index (χ3v) is 13.3. The van der Waals surface area contributed by atoms with Gasteiger partial charge in [0, 0.05) is 18.5 Å². The van der Waals surface area contributed by atoms with E-state index in [1.165, 1.54) is 35.3 Å². The maximum atomic E-state index is 14.0. The number of carbonyl (C=O) groups is 4. The first kappa shape index (κ1) is 51.1. The lowest BCUT2D eigenvalue weighted by Crippen LogP contribution is -2.53. The fourth-order valence-electron chi connectivity index (χ4n) is 8.82. The van der Waals surface area contributed by atoms with Crippen LogP contribution in [0.2, 0.25) is 0 Å². The number of carbonyl (C=O) groups excluding carboxylic acids is 4. The number of hydrogen-bond donors (Lipinski definition) is 2. The van der Waals surface area contributed by atoms with E-state index in [1.807, 2.05) is 55.5 Å². The lowest BCUT2D eigenvalue weighted by atomic mass is 9.84. The number of ketones is 1. The van der Waals surface area contributed by atoms with E-state index in [9.17, 15) is 24.3 Å². The number of esters is 1. The zero-order valence-corrected chi connectivity index (χ0v) is 40.6. The van der Waals surface area contributed by atoms with Crippen LogP contribution in [0.3, 0.4) is 0 Å². The van der Waals surface area contributed by atoms with Crippen LogP contribution >= 0.6 is 0 Å². The summed E-state index contributed by atoms with van der Waals surface area (Å²) < 4.78 is 29.2. The zero-order chi connectivity index (χ0) is 48.5. The van der Waals surface area contributed by atoms with E-state index >= 15 is 0 Å². The first-order valence-corrected chi connectivity index (χ1v) is 24.4. The Morgan fingerprint density at radius 2 is 1.50 bits per heavy atom. The average molecular weight is 931 g/mol. The van der Waals surface area contributed by atoms with Gasteiger partial charge in [0.15, 0.2) is 18.1 Å². The maximum Gasteiger partial charge on any atom is 0.329 e. The fourth-order valence-corrected chi connectivity index (χ4v) is 8.82. The molecule has 364 valence electrons. The molecule has 0 bridgehead atoms. The summed E-state index contributed by atoms with van der Waals surface area (Å²) >= 11 is 0. The van der Waals surface area contributed by atoms with Crippen molar-refractivity contribution in [1.29, 1.82) is 0 Å². The number of aromatic hydroxyl groups is 1. The molecule has 0 spiro atoms. The van der Waals surface area contributed by atoms with E-state index in [1.54, 1.807) is 58.4 Å². The normalized spacial score (nSPS) is 15.5. The number of methoxy groups -OCH3 is 2. The predicted octanol–water partition coefficient (Wildman–Crippen LogP) is 10.5. The second-order valence-electron chi connectivity index (χ2n) is 18.5. The number of rotatable bonds is 23. The molecule has 4 aromatic carbocycles. The van der Waals surface area contributed by atoms with E-state index in [2.05, 4.69) is 17.4 Å². The number of benzene rings is 4. The molecule has 2 atom stereocenters. The van der Waals surface area contributed by atoms with Crippen LogP contribution in [0.15, 0.2) is 96.6 Å². The van der Waals surface area contributed by atoms with Gasteiger partial charge in [-0.3, -0.25) is 14.4 Å². The number of unbranched alkanes of at least 4 members (excludes halogenated alkanes) is 2. The Hall–Kier alpha value is -6.30. The second kappa shape index (κ2) is 25.2. The summed E-state index contributed by atoms with van der Waals surface area (Å²) in [6, 6.07) is 27.7. The number of nitrogens with zero attached hydrogens (tertiary/aromatic N) is 1. The van der Waals surface area contributed by atoms with Crippen LogP contribution in [0.25, 0.3) is 5.57 Å². The van der Waals surface area contributed by atoms with Crippen LogP contribution in [-0.2, 0) is 30.3 Å². The predicted molar refractivity (Wildman–Crippen MR) is 263 cm³/mol.